The van der Waals surface area contributed by atoms with Crippen LogP contribution in [0.2, 0.25) is 0 Å². The van der Waals surface area contributed by atoms with E-state index in [1.54, 1.807) is 30.3 Å². The first-order valence-corrected chi connectivity index (χ1v) is 7.50. The Morgan fingerprint density at radius 2 is 2.08 bits per heavy atom. The van der Waals surface area contributed by atoms with Gasteiger partial charge in [-0.15, -0.1) is 0 Å². The average molecular weight is 341 g/mol. The SMILES string of the molecule is [N-]=[N+]=NCCO[C@H]1O[C@H](CO)[C@](O)(Cc2ccccc2)[C@H](O)[C@@H]1F. The van der Waals surface area contributed by atoms with Crippen molar-refractivity contribution >= 4 is 0 Å². The van der Waals surface area contributed by atoms with Gasteiger partial charge in [0.2, 0.25) is 0 Å². The minimum absolute atomic E-state index is 0.0305. The van der Waals surface area contributed by atoms with Gasteiger partial charge in [0, 0.05) is 17.9 Å². The average Bonchev–Trinajstić information content (AvgIpc) is 2.59. The van der Waals surface area contributed by atoms with Crippen LogP contribution in [0.15, 0.2) is 35.4 Å². The van der Waals surface area contributed by atoms with Gasteiger partial charge >= 0.3 is 0 Å². The smallest absolute Gasteiger partial charge is 0.192 e. The number of rotatable bonds is 7. The lowest BCUT2D eigenvalue weighted by Gasteiger charge is -2.47. The van der Waals surface area contributed by atoms with Crippen LogP contribution in [-0.4, -0.2) is 65.3 Å². The lowest BCUT2D eigenvalue weighted by Crippen LogP contribution is -2.67. The third-order valence-corrected chi connectivity index (χ3v) is 3.96. The fraction of sp³-hybridized carbons (Fsp3) is 0.600. The molecule has 24 heavy (non-hydrogen) atoms. The summed E-state index contributed by atoms with van der Waals surface area (Å²) in [6.07, 6.45) is -6.63. The lowest BCUT2D eigenvalue weighted by molar-refractivity contribution is -0.318. The molecule has 0 saturated carbocycles. The van der Waals surface area contributed by atoms with E-state index in [0.717, 1.165) is 0 Å². The topological polar surface area (TPSA) is 128 Å². The second kappa shape index (κ2) is 8.39. The molecule has 5 atom stereocenters. The summed E-state index contributed by atoms with van der Waals surface area (Å²) in [5.74, 6) is 0. The van der Waals surface area contributed by atoms with Crippen molar-refractivity contribution in [1.29, 1.82) is 0 Å². The Hall–Kier alpha value is -1.74. The van der Waals surface area contributed by atoms with E-state index < -0.39 is 36.9 Å². The van der Waals surface area contributed by atoms with Crippen molar-refractivity contribution in [3.05, 3.63) is 46.3 Å². The second-order valence-electron chi connectivity index (χ2n) is 5.54. The minimum Gasteiger partial charge on any atom is -0.394 e. The maximum Gasteiger partial charge on any atom is 0.192 e. The van der Waals surface area contributed by atoms with Crippen LogP contribution in [0.3, 0.4) is 0 Å². The standard InChI is InChI=1S/C15H20FN3O5/c16-12-13(21)15(22,8-10-4-2-1-3-5-10)11(9-20)24-14(12)23-7-6-18-19-17/h1-5,11-14,20-22H,6-9H2/t11-,12+,13-,14+,15-/m1/s1. The maximum atomic E-state index is 14.4. The molecule has 9 heteroatoms. The van der Waals surface area contributed by atoms with E-state index in [1.807, 2.05) is 0 Å². The Labute approximate surface area is 138 Å². The van der Waals surface area contributed by atoms with Gasteiger partial charge in [-0.05, 0) is 11.1 Å². The van der Waals surface area contributed by atoms with Crippen LogP contribution in [0, 0.1) is 0 Å². The van der Waals surface area contributed by atoms with Gasteiger partial charge in [0.1, 0.15) is 17.8 Å². The molecule has 0 aromatic heterocycles. The van der Waals surface area contributed by atoms with Crippen molar-refractivity contribution in [2.24, 2.45) is 5.11 Å². The molecule has 0 radical (unpaired) electrons. The molecule has 1 aromatic carbocycles. The number of aliphatic hydroxyl groups excluding tert-OH is 2. The number of hydrogen-bond acceptors (Lipinski definition) is 6. The van der Waals surface area contributed by atoms with Crippen LogP contribution in [-0.2, 0) is 15.9 Å². The molecular weight excluding hydrogens is 321 g/mol. The minimum atomic E-state index is -2.02. The number of nitrogens with zero attached hydrogens (tertiary/aromatic N) is 3. The Morgan fingerprint density at radius 3 is 2.71 bits per heavy atom. The summed E-state index contributed by atoms with van der Waals surface area (Å²) in [5, 5.41) is 33.7. The van der Waals surface area contributed by atoms with E-state index in [4.69, 9.17) is 15.0 Å². The van der Waals surface area contributed by atoms with E-state index >= 15 is 0 Å². The fourth-order valence-electron chi connectivity index (χ4n) is 2.70. The van der Waals surface area contributed by atoms with Crippen molar-refractivity contribution < 1.29 is 29.2 Å². The second-order valence-corrected chi connectivity index (χ2v) is 5.54. The Balaban J connectivity index is 2.11. The number of alkyl halides is 1. The van der Waals surface area contributed by atoms with E-state index in [2.05, 4.69) is 10.0 Å². The highest BCUT2D eigenvalue weighted by Crippen LogP contribution is 2.34. The predicted molar refractivity (Wildman–Crippen MR) is 81.7 cm³/mol. The third kappa shape index (κ3) is 4.02. The van der Waals surface area contributed by atoms with Gasteiger partial charge in [-0.25, -0.2) is 4.39 Å². The normalized spacial score (nSPS) is 33.0. The zero-order chi connectivity index (χ0) is 17.6. The molecule has 8 nitrogen and oxygen atoms in total. The molecule has 0 unspecified atom stereocenters. The first kappa shape index (κ1) is 18.6. The molecule has 1 saturated heterocycles. The molecule has 0 bridgehead atoms. The first-order valence-electron chi connectivity index (χ1n) is 7.50. The van der Waals surface area contributed by atoms with Crippen LogP contribution in [0.5, 0.6) is 0 Å². The van der Waals surface area contributed by atoms with Crippen LogP contribution >= 0.6 is 0 Å². The van der Waals surface area contributed by atoms with Gasteiger partial charge in [0.15, 0.2) is 12.5 Å². The predicted octanol–water partition coefficient (Wildman–Crippen LogP) is 0.703. The number of benzene rings is 1. The van der Waals surface area contributed by atoms with Gasteiger partial charge < -0.3 is 24.8 Å². The molecule has 1 aliphatic rings. The highest BCUT2D eigenvalue weighted by Gasteiger charge is 2.55. The van der Waals surface area contributed by atoms with Gasteiger partial charge in [-0.2, -0.15) is 0 Å². The van der Waals surface area contributed by atoms with Gasteiger partial charge in [-0.3, -0.25) is 0 Å². The van der Waals surface area contributed by atoms with E-state index in [9.17, 15) is 19.7 Å². The Morgan fingerprint density at radius 1 is 1.38 bits per heavy atom. The summed E-state index contributed by atoms with van der Waals surface area (Å²) >= 11 is 0. The van der Waals surface area contributed by atoms with Gasteiger partial charge in [-0.1, -0.05) is 35.4 Å². The monoisotopic (exact) mass is 341 g/mol. The molecule has 1 heterocycles. The lowest BCUT2D eigenvalue weighted by atomic mass is 9.80. The molecule has 0 amide bonds. The third-order valence-electron chi connectivity index (χ3n) is 3.96. The van der Waals surface area contributed by atoms with Crippen LogP contribution in [0.4, 0.5) is 4.39 Å². The van der Waals surface area contributed by atoms with Crippen molar-refractivity contribution in [2.45, 2.75) is 36.7 Å². The summed E-state index contributed by atoms with van der Waals surface area (Å²) in [6.45, 7) is -0.766. The fourth-order valence-corrected chi connectivity index (χ4v) is 2.70. The van der Waals surface area contributed by atoms with E-state index in [0.29, 0.717) is 5.56 Å². The molecule has 132 valence electrons. The summed E-state index contributed by atoms with van der Waals surface area (Å²) in [6, 6.07) is 8.72. The van der Waals surface area contributed by atoms with Crippen LogP contribution < -0.4 is 0 Å². The van der Waals surface area contributed by atoms with E-state index in [-0.39, 0.29) is 19.6 Å². The first-order chi connectivity index (χ1) is 11.5. The Bertz CT molecular complexity index is 567. The highest BCUT2D eigenvalue weighted by atomic mass is 19.1. The van der Waals surface area contributed by atoms with Crippen molar-refractivity contribution in [3.63, 3.8) is 0 Å². The molecule has 1 aromatic rings. The van der Waals surface area contributed by atoms with Crippen LogP contribution in [0.25, 0.3) is 10.4 Å². The van der Waals surface area contributed by atoms with Crippen molar-refractivity contribution in [2.75, 3.05) is 19.8 Å². The van der Waals surface area contributed by atoms with Crippen LogP contribution in [0.1, 0.15) is 5.56 Å². The zero-order valence-corrected chi connectivity index (χ0v) is 12.9. The van der Waals surface area contributed by atoms with Gasteiger partial charge in [0.05, 0.1) is 13.2 Å². The molecular formula is C15H20FN3O5. The number of ether oxygens (including phenoxy) is 2. The molecule has 3 N–H and O–H groups in total. The maximum absolute atomic E-state index is 14.4. The quantitative estimate of drug-likeness (QED) is 0.291. The summed E-state index contributed by atoms with van der Waals surface area (Å²) < 4.78 is 24.8. The summed E-state index contributed by atoms with van der Waals surface area (Å²) in [7, 11) is 0. The number of hydrogen-bond donors (Lipinski definition) is 3. The molecule has 1 fully saturated rings. The summed E-state index contributed by atoms with van der Waals surface area (Å²) in [5.41, 5.74) is 6.84. The number of halogens is 1. The molecule has 0 spiro atoms. The van der Waals surface area contributed by atoms with E-state index in [1.165, 1.54) is 0 Å². The number of azide groups is 1. The van der Waals surface area contributed by atoms with Gasteiger partial charge in [0.25, 0.3) is 0 Å². The van der Waals surface area contributed by atoms with Crippen molar-refractivity contribution in [3.8, 4) is 0 Å². The summed E-state index contributed by atoms with van der Waals surface area (Å²) in [4.78, 5) is 2.53. The molecule has 2 rings (SSSR count). The largest absolute Gasteiger partial charge is 0.394 e. The molecule has 1 aliphatic heterocycles. The highest BCUT2D eigenvalue weighted by molar-refractivity contribution is 5.20. The Kier molecular flexibility index (Phi) is 6.50. The number of aliphatic hydroxyl groups is 3. The molecule has 0 aliphatic carbocycles. The zero-order valence-electron chi connectivity index (χ0n) is 12.9. The van der Waals surface area contributed by atoms with Crippen molar-refractivity contribution in [1.82, 2.24) is 0 Å².